The molecule has 1 atom stereocenters. The van der Waals surface area contributed by atoms with Crippen molar-refractivity contribution in [2.45, 2.75) is 32.2 Å². The number of nitrogens with two attached hydrogens (primary N) is 1. The highest BCUT2D eigenvalue weighted by Crippen LogP contribution is 2.13. The monoisotopic (exact) mass is 294 g/mol. The Labute approximate surface area is 121 Å². The van der Waals surface area contributed by atoms with Crippen molar-refractivity contribution in [1.82, 2.24) is 5.32 Å². The van der Waals surface area contributed by atoms with Crippen molar-refractivity contribution in [1.29, 1.82) is 0 Å². The first-order valence-corrected chi connectivity index (χ1v) is 6.43. The van der Waals surface area contributed by atoms with Gasteiger partial charge in [0.05, 0.1) is 0 Å². The molecule has 0 heterocycles. The summed E-state index contributed by atoms with van der Waals surface area (Å²) in [6.45, 7) is 1.79. The number of nitrogens with one attached hydrogen (secondary N) is 1. The van der Waals surface area contributed by atoms with Gasteiger partial charge in [0.2, 0.25) is 0 Å². The maximum absolute atomic E-state index is 12.0. The topological polar surface area (TPSA) is 130 Å². The molecule has 5 N–H and O–H groups in total. The molecule has 1 rings (SSSR count). The van der Waals surface area contributed by atoms with Crippen molar-refractivity contribution < 1.29 is 24.6 Å². The first-order valence-electron chi connectivity index (χ1n) is 6.43. The number of carbonyl (C=O) groups is 3. The van der Waals surface area contributed by atoms with Gasteiger partial charge in [0.1, 0.15) is 6.04 Å². The molecule has 0 aromatic heterocycles. The molecule has 0 saturated carbocycles. The minimum absolute atomic E-state index is 0.0503. The van der Waals surface area contributed by atoms with E-state index in [0.29, 0.717) is 5.69 Å². The summed E-state index contributed by atoms with van der Waals surface area (Å²) < 4.78 is 0. The molecule has 7 heteroatoms. The summed E-state index contributed by atoms with van der Waals surface area (Å²) in [7, 11) is 0. The Kier molecular flexibility index (Phi) is 5.71. The lowest BCUT2D eigenvalue weighted by molar-refractivity contribution is -0.140. The molecule has 1 aromatic rings. The third-order valence-corrected chi connectivity index (χ3v) is 3.03. The number of hydrogen-bond acceptors (Lipinski definition) is 4. The van der Waals surface area contributed by atoms with Gasteiger partial charge in [-0.2, -0.15) is 0 Å². The molecule has 0 bridgehead atoms. The van der Waals surface area contributed by atoms with Crippen LogP contribution in [0.4, 0.5) is 5.69 Å². The van der Waals surface area contributed by atoms with Gasteiger partial charge >= 0.3 is 11.9 Å². The number of aryl methyl sites for hydroxylation is 1. The van der Waals surface area contributed by atoms with Gasteiger partial charge in [-0.05, 0) is 37.5 Å². The molecule has 1 amide bonds. The molecule has 0 saturated heterocycles. The Morgan fingerprint density at radius 1 is 1.29 bits per heavy atom. The molecule has 0 aliphatic heterocycles. The Hall–Kier alpha value is -2.57. The van der Waals surface area contributed by atoms with Gasteiger partial charge in [-0.3, -0.25) is 9.59 Å². The molecule has 0 fully saturated rings. The number of rotatable bonds is 7. The van der Waals surface area contributed by atoms with Crippen molar-refractivity contribution in [2.24, 2.45) is 0 Å². The quantitative estimate of drug-likeness (QED) is 0.555. The van der Waals surface area contributed by atoms with E-state index in [1.165, 1.54) is 6.07 Å². The van der Waals surface area contributed by atoms with Crippen molar-refractivity contribution >= 4 is 23.5 Å². The summed E-state index contributed by atoms with van der Waals surface area (Å²) in [5, 5.41) is 19.9. The van der Waals surface area contributed by atoms with Crippen LogP contribution in [0.5, 0.6) is 0 Å². The average molecular weight is 294 g/mol. The van der Waals surface area contributed by atoms with Crippen LogP contribution in [-0.4, -0.2) is 34.1 Å². The van der Waals surface area contributed by atoms with Crippen molar-refractivity contribution in [3.63, 3.8) is 0 Å². The number of nitrogen functional groups attached to an aromatic ring is 1. The number of aliphatic carboxylic acids is 2. The molecular weight excluding hydrogens is 276 g/mol. The number of anilines is 1. The Morgan fingerprint density at radius 2 is 1.95 bits per heavy atom. The summed E-state index contributed by atoms with van der Waals surface area (Å²) >= 11 is 0. The summed E-state index contributed by atoms with van der Waals surface area (Å²) in [5.74, 6) is -2.75. The van der Waals surface area contributed by atoms with E-state index in [2.05, 4.69) is 5.32 Å². The van der Waals surface area contributed by atoms with E-state index >= 15 is 0 Å². The predicted molar refractivity (Wildman–Crippen MR) is 76.0 cm³/mol. The van der Waals surface area contributed by atoms with Crippen LogP contribution >= 0.6 is 0 Å². The van der Waals surface area contributed by atoms with Gasteiger partial charge in [-0.1, -0.05) is 6.07 Å². The molecule has 114 valence electrons. The molecule has 0 radical (unpaired) electrons. The highest BCUT2D eigenvalue weighted by Gasteiger charge is 2.20. The smallest absolute Gasteiger partial charge is 0.326 e. The third-order valence-electron chi connectivity index (χ3n) is 3.03. The second kappa shape index (κ2) is 7.28. The highest BCUT2D eigenvalue weighted by molar-refractivity contribution is 5.97. The van der Waals surface area contributed by atoms with Crippen LogP contribution in [0.25, 0.3) is 0 Å². The van der Waals surface area contributed by atoms with Gasteiger partial charge in [0, 0.05) is 17.7 Å². The first kappa shape index (κ1) is 16.5. The standard InChI is InChI=1S/C14H18N2O5/c1-8-5-6-9(7-10(8)15)13(19)16-11(14(20)21)3-2-4-12(17)18/h5-7,11H,2-4,15H2,1H3,(H,16,19)(H,17,18)(H,20,21)/t11-/m1/s1. The summed E-state index contributed by atoms with van der Waals surface area (Å²) in [6.07, 6.45) is 0.0778. The largest absolute Gasteiger partial charge is 0.481 e. The van der Waals surface area contributed by atoms with Crippen LogP contribution in [0.15, 0.2) is 18.2 Å². The Balaban J connectivity index is 2.69. The fourth-order valence-electron chi connectivity index (χ4n) is 1.74. The zero-order valence-electron chi connectivity index (χ0n) is 11.6. The van der Waals surface area contributed by atoms with E-state index in [-0.39, 0.29) is 24.8 Å². The van der Waals surface area contributed by atoms with Gasteiger partial charge in [0.15, 0.2) is 0 Å². The number of carboxylic acid groups (broad SMARTS) is 2. The number of benzene rings is 1. The predicted octanol–water partition coefficient (Wildman–Crippen LogP) is 1.02. The summed E-state index contributed by atoms with van der Waals surface area (Å²) in [4.78, 5) is 33.5. The molecule has 0 aliphatic carbocycles. The third kappa shape index (κ3) is 5.13. The Bertz CT molecular complexity index is 556. The van der Waals surface area contributed by atoms with Crippen LogP contribution in [0, 0.1) is 6.92 Å². The van der Waals surface area contributed by atoms with Crippen LogP contribution in [-0.2, 0) is 9.59 Å². The highest BCUT2D eigenvalue weighted by atomic mass is 16.4. The molecule has 0 spiro atoms. The van der Waals surface area contributed by atoms with E-state index in [1.54, 1.807) is 19.1 Å². The number of hydrogen-bond donors (Lipinski definition) is 4. The summed E-state index contributed by atoms with van der Waals surface area (Å²) in [5.41, 5.74) is 7.23. The SMILES string of the molecule is Cc1ccc(C(=O)N[C@H](CCCC(=O)O)C(=O)O)cc1N. The molecule has 0 aliphatic rings. The maximum atomic E-state index is 12.0. The van der Waals surface area contributed by atoms with E-state index in [0.717, 1.165) is 5.56 Å². The van der Waals surface area contributed by atoms with E-state index < -0.39 is 23.9 Å². The van der Waals surface area contributed by atoms with Crippen LogP contribution < -0.4 is 11.1 Å². The number of amides is 1. The van der Waals surface area contributed by atoms with Crippen LogP contribution in [0.3, 0.4) is 0 Å². The van der Waals surface area contributed by atoms with Crippen molar-refractivity contribution in [3.8, 4) is 0 Å². The lowest BCUT2D eigenvalue weighted by Crippen LogP contribution is -2.40. The average Bonchev–Trinajstić information content (AvgIpc) is 2.40. The van der Waals surface area contributed by atoms with Gasteiger partial charge in [0.25, 0.3) is 5.91 Å². The second-order valence-electron chi connectivity index (χ2n) is 4.72. The number of carboxylic acids is 2. The molecular formula is C14H18N2O5. The van der Waals surface area contributed by atoms with E-state index in [1.807, 2.05) is 0 Å². The molecule has 1 aromatic carbocycles. The zero-order chi connectivity index (χ0) is 16.0. The summed E-state index contributed by atoms with van der Waals surface area (Å²) in [6, 6.07) is 3.57. The van der Waals surface area contributed by atoms with Gasteiger partial charge in [-0.25, -0.2) is 4.79 Å². The lowest BCUT2D eigenvalue weighted by atomic mass is 10.1. The minimum atomic E-state index is -1.20. The fraction of sp³-hybridized carbons (Fsp3) is 0.357. The van der Waals surface area contributed by atoms with E-state index in [9.17, 15) is 14.4 Å². The van der Waals surface area contributed by atoms with E-state index in [4.69, 9.17) is 15.9 Å². The van der Waals surface area contributed by atoms with Crippen molar-refractivity contribution in [2.75, 3.05) is 5.73 Å². The normalized spacial score (nSPS) is 11.7. The maximum Gasteiger partial charge on any atom is 0.326 e. The minimum Gasteiger partial charge on any atom is -0.481 e. The molecule has 0 unspecified atom stereocenters. The van der Waals surface area contributed by atoms with Gasteiger partial charge < -0.3 is 21.3 Å². The first-order chi connectivity index (χ1) is 9.81. The zero-order valence-corrected chi connectivity index (χ0v) is 11.6. The van der Waals surface area contributed by atoms with Crippen molar-refractivity contribution in [3.05, 3.63) is 29.3 Å². The fourth-order valence-corrected chi connectivity index (χ4v) is 1.74. The number of carbonyl (C=O) groups excluding carboxylic acids is 1. The second-order valence-corrected chi connectivity index (χ2v) is 4.72. The molecule has 7 nitrogen and oxygen atoms in total. The van der Waals surface area contributed by atoms with Gasteiger partial charge in [-0.15, -0.1) is 0 Å². The van der Waals surface area contributed by atoms with Crippen LogP contribution in [0.1, 0.15) is 35.2 Å². The van der Waals surface area contributed by atoms with Crippen LogP contribution in [0.2, 0.25) is 0 Å². The lowest BCUT2D eigenvalue weighted by Gasteiger charge is -2.14. The molecule has 21 heavy (non-hydrogen) atoms. The Morgan fingerprint density at radius 3 is 2.48 bits per heavy atom.